The van der Waals surface area contributed by atoms with E-state index in [4.69, 9.17) is 4.74 Å². The predicted octanol–water partition coefficient (Wildman–Crippen LogP) is 10.5. The van der Waals surface area contributed by atoms with Crippen LogP contribution in [-0.2, 0) is 12.3 Å². The van der Waals surface area contributed by atoms with E-state index in [2.05, 4.69) is 6.92 Å². The summed E-state index contributed by atoms with van der Waals surface area (Å²) >= 11 is 0. The van der Waals surface area contributed by atoms with Crippen molar-refractivity contribution >= 4 is 0 Å². The third-order valence-corrected chi connectivity index (χ3v) is 8.64. The Kier molecular flexibility index (Phi) is 9.18. The number of halogens is 5. The highest BCUT2D eigenvalue weighted by Gasteiger charge is 2.36. The van der Waals surface area contributed by atoms with Gasteiger partial charge in [0.05, 0.1) is 11.1 Å². The molecule has 0 spiro atoms. The summed E-state index contributed by atoms with van der Waals surface area (Å²) in [5.41, 5.74) is -0.142. The van der Waals surface area contributed by atoms with Crippen molar-refractivity contribution in [1.82, 2.24) is 0 Å². The van der Waals surface area contributed by atoms with Crippen molar-refractivity contribution in [2.45, 2.75) is 102 Å². The molecule has 0 heterocycles. The van der Waals surface area contributed by atoms with Crippen LogP contribution in [0, 0.1) is 17.8 Å². The molecule has 2 aliphatic rings. The Balaban J connectivity index is 1.23. The molecule has 2 saturated carbocycles. The Morgan fingerprint density at radius 2 is 1.08 bits per heavy atom. The molecule has 2 aromatic rings. The van der Waals surface area contributed by atoms with Gasteiger partial charge in [-0.05, 0) is 91.3 Å². The van der Waals surface area contributed by atoms with Crippen molar-refractivity contribution in [2.24, 2.45) is 17.8 Å². The molecule has 4 rings (SSSR count). The van der Waals surface area contributed by atoms with Gasteiger partial charge in [0, 0.05) is 0 Å². The van der Waals surface area contributed by atoms with Gasteiger partial charge in [-0.2, -0.15) is 22.0 Å². The van der Waals surface area contributed by atoms with Gasteiger partial charge in [-0.15, -0.1) is 0 Å². The second-order valence-electron chi connectivity index (χ2n) is 11.2. The summed E-state index contributed by atoms with van der Waals surface area (Å²) in [5, 5.41) is 0. The largest absolute Gasteiger partial charge is 0.429 e. The summed E-state index contributed by atoms with van der Waals surface area (Å²) in [4.78, 5) is 0. The molecule has 1 nitrogen and oxygen atoms in total. The monoisotopic (exact) mass is 522 g/mol. The van der Waals surface area contributed by atoms with E-state index in [1.54, 1.807) is 12.1 Å². The van der Waals surface area contributed by atoms with Gasteiger partial charge in [0.25, 0.3) is 0 Å². The molecule has 2 aliphatic carbocycles. The predicted molar refractivity (Wildman–Crippen MR) is 137 cm³/mol. The standard InChI is InChI=1S/C31H39F5O/c1-2-3-22-4-6-23(7-5-22)8-9-24-10-12-25(13-11-24)26-14-16-28(17-15-26)31(35,36)37-29-20-18-27(19-21-29)30(32,33)34/h14-25H,2-13H2,1H3/t22-,23-,24-,25-. The molecule has 0 aliphatic heterocycles. The van der Waals surface area contributed by atoms with E-state index in [9.17, 15) is 22.0 Å². The number of hydrogen-bond acceptors (Lipinski definition) is 1. The number of hydrogen-bond donors (Lipinski definition) is 0. The van der Waals surface area contributed by atoms with E-state index in [-0.39, 0.29) is 11.3 Å². The molecule has 0 unspecified atom stereocenters. The quantitative estimate of drug-likeness (QED) is 0.298. The molecule has 37 heavy (non-hydrogen) atoms. The zero-order valence-electron chi connectivity index (χ0n) is 21.7. The number of rotatable bonds is 9. The lowest BCUT2D eigenvalue weighted by molar-refractivity contribution is -0.185. The van der Waals surface area contributed by atoms with E-state index in [0.29, 0.717) is 5.92 Å². The Bertz CT molecular complexity index is 951. The number of alkyl halides is 5. The summed E-state index contributed by atoms with van der Waals surface area (Å²) in [6.07, 6.45) is 7.42. The minimum absolute atomic E-state index is 0.307. The zero-order valence-corrected chi connectivity index (χ0v) is 21.7. The molecule has 0 aromatic heterocycles. The van der Waals surface area contributed by atoms with Crippen LogP contribution in [0.2, 0.25) is 0 Å². The molecular weight excluding hydrogens is 483 g/mol. The first-order valence-electron chi connectivity index (χ1n) is 14.0. The van der Waals surface area contributed by atoms with Gasteiger partial charge in [0.1, 0.15) is 5.75 Å². The second-order valence-corrected chi connectivity index (χ2v) is 11.2. The summed E-state index contributed by atoms with van der Waals surface area (Å²) in [5.74, 6) is 2.73. The van der Waals surface area contributed by atoms with E-state index in [1.807, 2.05) is 0 Å². The highest BCUT2D eigenvalue weighted by atomic mass is 19.4. The Labute approximate surface area is 217 Å². The number of benzene rings is 2. The lowest BCUT2D eigenvalue weighted by Crippen LogP contribution is -2.22. The van der Waals surface area contributed by atoms with Gasteiger partial charge in [0.2, 0.25) is 0 Å². The van der Waals surface area contributed by atoms with Crippen molar-refractivity contribution in [2.75, 3.05) is 0 Å². The third-order valence-electron chi connectivity index (χ3n) is 8.64. The van der Waals surface area contributed by atoms with Crippen LogP contribution in [-0.4, -0.2) is 0 Å². The third kappa shape index (κ3) is 7.70. The van der Waals surface area contributed by atoms with Gasteiger partial charge in [-0.3, -0.25) is 0 Å². The molecule has 2 aromatic carbocycles. The van der Waals surface area contributed by atoms with E-state index < -0.39 is 17.8 Å². The lowest BCUT2D eigenvalue weighted by atomic mass is 9.74. The summed E-state index contributed by atoms with van der Waals surface area (Å²) in [7, 11) is 0. The minimum atomic E-state index is -4.52. The lowest BCUT2D eigenvalue weighted by Gasteiger charge is -2.32. The van der Waals surface area contributed by atoms with Gasteiger partial charge in [-0.1, -0.05) is 70.4 Å². The molecule has 0 saturated heterocycles. The first-order valence-corrected chi connectivity index (χ1v) is 14.0. The first-order chi connectivity index (χ1) is 17.6. The fourth-order valence-corrected chi connectivity index (χ4v) is 6.34. The maximum absolute atomic E-state index is 14.7. The molecule has 0 atom stereocenters. The average Bonchev–Trinajstić information content (AvgIpc) is 2.88. The maximum Gasteiger partial charge on any atom is 0.426 e. The molecule has 6 heteroatoms. The van der Waals surface area contributed by atoms with Gasteiger partial charge < -0.3 is 4.74 Å². The van der Waals surface area contributed by atoms with Crippen LogP contribution in [0.4, 0.5) is 22.0 Å². The van der Waals surface area contributed by atoms with Crippen molar-refractivity contribution in [1.29, 1.82) is 0 Å². The number of ether oxygens (including phenoxy) is 1. The smallest absolute Gasteiger partial charge is 0.426 e. The van der Waals surface area contributed by atoms with Crippen molar-refractivity contribution < 1.29 is 26.7 Å². The SMILES string of the molecule is CCC[C@H]1CC[C@H](CC[C@H]2CC[C@H](c3ccc(C(F)(F)Oc4ccc(C(F)(F)F)cc4)cc3)CC2)CC1. The van der Waals surface area contributed by atoms with Crippen molar-refractivity contribution in [3.8, 4) is 5.75 Å². The van der Waals surface area contributed by atoms with Crippen LogP contribution in [0.15, 0.2) is 48.5 Å². The molecule has 0 radical (unpaired) electrons. The molecule has 0 bridgehead atoms. The fourth-order valence-electron chi connectivity index (χ4n) is 6.34. The van der Waals surface area contributed by atoms with E-state index in [1.165, 1.54) is 76.3 Å². The highest BCUT2D eigenvalue weighted by molar-refractivity contribution is 5.31. The van der Waals surface area contributed by atoms with Gasteiger partial charge in [0.15, 0.2) is 0 Å². The van der Waals surface area contributed by atoms with Crippen LogP contribution in [0.3, 0.4) is 0 Å². The summed E-state index contributed by atoms with van der Waals surface area (Å²) in [6.45, 7) is 2.29. The van der Waals surface area contributed by atoms with Gasteiger partial charge >= 0.3 is 12.3 Å². The Morgan fingerprint density at radius 3 is 1.57 bits per heavy atom. The molecule has 0 N–H and O–H groups in total. The molecule has 204 valence electrons. The molecule has 0 amide bonds. The van der Waals surface area contributed by atoms with Crippen LogP contribution in [0.25, 0.3) is 0 Å². The second kappa shape index (κ2) is 12.2. The summed E-state index contributed by atoms with van der Waals surface area (Å²) < 4.78 is 72.1. The van der Waals surface area contributed by atoms with E-state index >= 15 is 0 Å². The minimum Gasteiger partial charge on any atom is -0.429 e. The van der Waals surface area contributed by atoms with Crippen LogP contribution >= 0.6 is 0 Å². The van der Waals surface area contributed by atoms with Crippen LogP contribution in [0.5, 0.6) is 5.75 Å². The van der Waals surface area contributed by atoms with Crippen molar-refractivity contribution in [3.05, 3.63) is 65.2 Å². The zero-order chi connectivity index (χ0) is 26.5. The highest BCUT2D eigenvalue weighted by Crippen LogP contribution is 2.41. The normalized spacial score (nSPS) is 25.1. The Hall–Kier alpha value is -2.11. The average molecular weight is 523 g/mol. The Morgan fingerprint density at radius 1 is 0.622 bits per heavy atom. The summed E-state index contributed by atoms with van der Waals surface area (Å²) in [6, 6.07) is 9.56. The van der Waals surface area contributed by atoms with Crippen molar-refractivity contribution in [3.63, 3.8) is 0 Å². The first kappa shape index (κ1) is 27.9. The maximum atomic E-state index is 14.7. The van der Waals surface area contributed by atoms with E-state index in [0.717, 1.165) is 60.4 Å². The molecule has 2 fully saturated rings. The molecular formula is C31H39F5O. The topological polar surface area (TPSA) is 9.23 Å². The van der Waals surface area contributed by atoms with Crippen LogP contribution in [0.1, 0.15) is 107 Å². The fraction of sp³-hybridized carbons (Fsp3) is 0.613. The van der Waals surface area contributed by atoms with Gasteiger partial charge in [-0.25, -0.2) is 0 Å². The van der Waals surface area contributed by atoms with Crippen LogP contribution < -0.4 is 4.74 Å².